The number of hydrogen-bond donors (Lipinski definition) is 1. The van der Waals surface area contributed by atoms with Crippen LogP contribution in [0.25, 0.3) is 5.69 Å². The van der Waals surface area contributed by atoms with E-state index in [0.29, 0.717) is 11.4 Å². The van der Waals surface area contributed by atoms with Crippen LogP contribution in [0.2, 0.25) is 0 Å². The molecule has 2 rings (SSSR count). The van der Waals surface area contributed by atoms with Crippen molar-refractivity contribution in [3.8, 4) is 5.69 Å². The number of hydrogen-bond acceptors (Lipinski definition) is 3. The number of aryl methyl sites for hydroxylation is 1. The first-order valence-electron chi connectivity index (χ1n) is 4.66. The van der Waals surface area contributed by atoms with E-state index in [1.54, 1.807) is 19.1 Å². The molecular formula is C11H10N2O3. The fourth-order valence-electron chi connectivity index (χ4n) is 1.52. The van der Waals surface area contributed by atoms with E-state index in [2.05, 4.69) is 0 Å². The van der Waals surface area contributed by atoms with Crippen LogP contribution in [0.4, 0.5) is 0 Å². The van der Waals surface area contributed by atoms with Crippen molar-refractivity contribution >= 4 is 5.91 Å². The zero-order valence-corrected chi connectivity index (χ0v) is 8.64. The predicted molar refractivity (Wildman–Crippen MR) is 57.6 cm³/mol. The first kappa shape index (κ1) is 10.2. The molecule has 0 atom stereocenters. The van der Waals surface area contributed by atoms with Crippen molar-refractivity contribution < 1.29 is 9.21 Å². The highest BCUT2D eigenvalue weighted by atomic mass is 16.3. The number of amides is 1. The summed E-state index contributed by atoms with van der Waals surface area (Å²) in [7, 11) is 0. The van der Waals surface area contributed by atoms with E-state index >= 15 is 0 Å². The van der Waals surface area contributed by atoms with Crippen molar-refractivity contribution in [1.29, 1.82) is 0 Å². The molecule has 0 saturated heterocycles. The number of carbonyl (C=O) groups excluding carboxylic acids is 1. The van der Waals surface area contributed by atoms with Crippen molar-refractivity contribution in [3.63, 3.8) is 0 Å². The molecule has 0 aliphatic heterocycles. The summed E-state index contributed by atoms with van der Waals surface area (Å²) in [5.41, 5.74) is 5.92. The maximum absolute atomic E-state index is 12.0. The van der Waals surface area contributed by atoms with Gasteiger partial charge in [-0.25, -0.2) is 0 Å². The summed E-state index contributed by atoms with van der Waals surface area (Å²) in [5.74, 6) is -0.734. The van der Waals surface area contributed by atoms with E-state index in [9.17, 15) is 9.59 Å². The molecule has 0 aliphatic carbocycles. The molecule has 2 aromatic rings. The van der Waals surface area contributed by atoms with Gasteiger partial charge in [0.25, 0.3) is 11.5 Å². The molecule has 2 N–H and O–H groups in total. The third kappa shape index (κ3) is 1.52. The van der Waals surface area contributed by atoms with E-state index < -0.39 is 11.5 Å². The number of furan rings is 1. The quantitative estimate of drug-likeness (QED) is 0.811. The molecule has 0 fully saturated rings. The van der Waals surface area contributed by atoms with Gasteiger partial charge in [0.1, 0.15) is 11.8 Å². The van der Waals surface area contributed by atoms with E-state index in [-0.39, 0.29) is 5.56 Å². The second-order valence-corrected chi connectivity index (χ2v) is 3.37. The molecule has 0 spiro atoms. The predicted octanol–water partition coefficient (Wildman–Crippen LogP) is 0.838. The van der Waals surface area contributed by atoms with Crippen molar-refractivity contribution in [3.05, 3.63) is 52.3 Å². The number of nitrogens with zero attached hydrogens (tertiary/aromatic N) is 1. The summed E-state index contributed by atoms with van der Waals surface area (Å²) in [4.78, 5) is 23.0. The van der Waals surface area contributed by atoms with Gasteiger partial charge in [-0.05, 0) is 19.1 Å². The summed E-state index contributed by atoms with van der Waals surface area (Å²) < 4.78 is 6.28. The van der Waals surface area contributed by atoms with Crippen LogP contribution in [0.15, 0.2) is 39.9 Å². The maximum atomic E-state index is 12.0. The highest BCUT2D eigenvalue weighted by Gasteiger charge is 2.12. The second-order valence-electron chi connectivity index (χ2n) is 3.37. The number of primary amides is 1. The van der Waals surface area contributed by atoms with Crippen LogP contribution in [-0.4, -0.2) is 10.5 Å². The molecule has 16 heavy (non-hydrogen) atoms. The lowest BCUT2D eigenvalue weighted by Crippen LogP contribution is -2.29. The highest BCUT2D eigenvalue weighted by Crippen LogP contribution is 2.09. The van der Waals surface area contributed by atoms with Crippen LogP contribution in [0.5, 0.6) is 0 Å². The summed E-state index contributed by atoms with van der Waals surface area (Å²) in [5, 5.41) is 0. The molecule has 1 amide bonds. The molecular weight excluding hydrogens is 208 g/mol. The van der Waals surface area contributed by atoms with Gasteiger partial charge in [0.05, 0.1) is 12.0 Å². The van der Waals surface area contributed by atoms with Gasteiger partial charge in [-0.1, -0.05) is 0 Å². The molecule has 0 saturated carbocycles. The first-order valence-corrected chi connectivity index (χ1v) is 4.66. The molecule has 2 heterocycles. The molecule has 2 aromatic heterocycles. The van der Waals surface area contributed by atoms with Gasteiger partial charge in [-0.2, -0.15) is 0 Å². The van der Waals surface area contributed by atoms with Gasteiger partial charge in [0.2, 0.25) is 0 Å². The minimum atomic E-state index is -0.734. The number of carbonyl (C=O) groups is 1. The number of aromatic nitrogens is 1. The first-order chi connectivity index (χ1) is 7.61. The fraction of sp³-hybridized carbons (Fsp3) is 0.0909. The molecule has 82 valence electrons. The van der Waals surface area contributed by atoms with Gasteiger partial charge in [0.15, 0.2) is 0 Å². The zero-order valence-electron chi connectivity index (χ0n) is 8.64. The summed E-state index contributed by atoms with van der Waals surface area (Å²) in [6.07, 6.45) is 2.89. The zero-order chi connectivity index (χ0) is 11.7. The number of nitrogens with two attached hydrogens (primary N) is 1. The molecule has 0 radical (unpaired) electrons. The normalized spacial score (nSPS) is 10.3. The molecule has 0 bridgehead atoms. The van der Waals surface area contributed by atoms with Crippen LogP contribution in [0.3, 0.4) is 0 Å². The largest absolute Gasteiger partial charge is 0.470 e. The Labute approximate surface area is 91.1 Å². The summed E-state index contributed by atoms with van der Waals surface area (Å²) in [6.45, 7) is 1.76. The highest BCUT2D eigenvalue weighted by molar-refractivity contribution is 5.92. The Bertz CT molecular complexity index is 582. The molecule has 0 unspecified atom stereocenters. The third-order valence-corrected chi connectivity index (χ3v) is 2.31. The minimum Gasteiger partial charge on any atom is -0.470 e. The van der Waals surface area contributed by atoms with Gasteiger partial charge in [0, 0.05) is 11.8 Å². The number of rotatable bonds is 2. The minimum absolute atomic E-state index is 0.0354. The standard InChI is InChI=1S/C11H10N2O3/c1-7-2-3-9(10(12)14)11(15)13(7)8-4-5-16-6-8/h2-6H,1H3,(H2,12,14). The topological polar surface area (TPSA) is 78.2 Å². The number of pyridine rings is 1. The van der Waals surface area contributed by atoms with Gasteiger partial charge in [-0.15, -0.1) is 0 Å². The molecule has 0 aromatic carbocycles. The van der Waals surface area contributed by atoms with Crippen LogP contribution in [-0.2, 0) is 0 Å². The molecule has 5 nitrogen and oxygen atoms in total. The molecule has 5 heteroatoms. The maximum Gasteiger partial charge on any atom is 0.268 e. The Morgan fingerprint density at radius 2 is 2.12 bits per heavy atom. The monoisotopic (exact) mass is 218 g/mol. The lowest BCUT2D eigenvalue weighted by Gasteiger charge is -2.07. The third-order valence-electron chi connectivity index (χ3n) is 2.31. The summed E-state index contributed by atoms with van der Waals surface area (Å²) >= 11 is 0. The van der Waals surface area contributed by atoms with Crippen LogP contribution < -0.4 is 11.3 Å². The Morgan fingerprint density at radius 1 is 1.38 bits per heavy atom. The van der Waals surface area contributed by atoms with Crippen LogP contribution in [0, 0.1) is 6.92 Å². The average molecular weight is 218 g/mol. The van der Waals surface area contributed by atoms with E-state index in [0.717, 1.165) is 0 Å². The van der Waals surface area contributed by atoms with Crippen molar-refractivity contribution in [2.75, 3.05) is 0 Å². The smallest absolute Gasteiger partial charge is 0.268 e. The Kier molecular flexibility index (Phi) is 2.36. The lowest BCUT2D eigenvalue weighted by molar-refractivity contribution is 0.0998. The Hall–Kier alpha value is -2.30. The van der Waals surface area contributed by atoms with Crippen LogP contribution in [0.1, 0.15) is 16.1 Å². The fourth-order valence-corrected chi connectivity index (χ4v) is 1.52. The lowest BCUT2D eigenvalue weighted by atomic mass is 10.2. The van der Waals surface area contributed by atoms with E-state index in [4.69, 9.17) is 10.2 Å². The van der Waals surface area contributed by atoms with Crippen LogP contribution >= 0.6 is 0 Å². The van der Waals surface area contributed by atoms with Gasteiger partial charge < -0.3 is 10.2 Å². The second kappa shape index (κ2) is 3.69. The van der Waals surface area contributed by atoms with Gasteiger partial charge in [-0.3, -0.25) is 14.2 Å². The Morgan fingerprint density at radius 3 is 2.69 bits per heavy atom. The molecule has 0 aliphatic rings. The average Bonchev–Trinajstić information content (AvgIpc) is 2.70. The van der Waals surface area contributed by atoms with Crippen molar-refractivity contribution in [2.45, 2.75) is 6.92 Å². The SMILES string of the molecule is Cc1ccc(C(N)=O)c(=O)n1-c1ccoc1. The van der Waals surface area contributed by atoms with Crippen molar-refractivity contribution in [1.82, 2.24) is 4.57 Å². The van der Waals surface area contributed by atoms with Crippen molar-refractivity contribution in [2.24, 2.45) is 5.73 Å². The summed E-state index contributed by atoms with van der Waals surface area (Å²) in [6, 6.07) is 4.73. The van der Waals surface area contributed by atoms with E-state index in [1.807, 2.05) is 0 Å². The van der Waals surface area contributed by atoms with Gasteiger partial charge >= 0.3 is 0 Å². The van der Waals surface area contributed by atoms with E-state index in [1.165, 1.54) is 23.2 Å². The Balaban J connectivity index is 2.75.